The molecule has 0 bridgehead atoms. The Morgan fingerprint density at radius 3 is 2.94 bits per heavy atom. The van der Waals surface area contributed by atoms with E-state index in [1.165, 1.54) is 0 Å². The van der Waals surface area contributed by atoms with Crippen molar-refractivity contribution in [3.05, 3.63) is 30.0 Å². The zero-order valence-electron chi connectivity index (χ0n) is 10.3. The van der Waals surface area contributed by atoms with Crippen molar-refractivity contribution in [2.75, 3.05) is 25.9 Å². The second-order valence-corrected chi connectivity index (χ2v) is 4.33. The maximum absolute atomic E-state index is 12.1. The van der Waals surface area contributed by atoms with Crippen molar-refractivity contribution in [2.45, 2.75) is 6.42 Å². The summed E-state index contributed by atoms with van der Waals surface area (Å²) >= 11 is 0. The summed E-state index contributed by atoms with van der Waals surface area (Å²) in [6.07, 6.45) is 0.579. The van der Waals surface area contributed by atoms with Gasteiger partial charge in [0.15, 0.2) is 0 Å². The maximum atomic E-state index is 12.1. The van der Waals surface area contributed by atoms with E-state index in [-0.39, 0.29) is 12.5 Å². The molecule has 0 atom stereocenters. The van der Waals surface area contributed by atoms with E-state index in [0.717, 1.165) is 10.9 Å². The molecule has 18 heavy (non-hydrogen) atoms. The lowest BCUT2D eigenvalue weighted by Gasteiger charge is -2.15. The number of benzene rings is 1. The number of aliphatic hydroxyl groups is 1. The number of hydrogen-bond donors (Lipinski definition) is 3. The molecule has 1 aromatic carbocycles. The van der Waals surface area contributed by atoms with Crippen LogP contribution in [-0.4, -0.2) is 41.1 Å². The molecule has 0 saturated carbocycles. The van der Waals surface area contributed by atoms with Crippen LogP contribution in [0.3, 0.4) is 0 Å². The molecule has 5 heteroatoms. The van der Waals surface area contributed by atoms with Crippen molar-refractivity contribution in [1.29, 1.82) is 0 Å². The molecular weight excluding hydrogens is 230 g/mol. The van der Waals surface area contributed by atoms with Crippen LogP contribution in [0.5, 0.6) is 0 Å². The monoisotopic (exact) mass is 247 g/mol. The first-order valence-corrected chi connectivity index (χ1v) is 5.86. The van der Waals surface area contributed by atoms with E-state index in [1.54, 1.807) is 24.1 Å². The van der Waals surface area contributed by atoms with Gasteiger partial charge in [-0.15, -0.1) is 0 Å². The van der Waals surface area contributed by atoms with Crippen molar-refractivity contribution < 1.29 is 9.90 Å². The lowest BCUT2D eigenvalue weighted by molar-refractivity contribution is 0.0781. The van der Waals surface area contributed by atoms with Gasteiger partial charge in [-0.05, 0) is 30.7 Å². The SMILES string of the molecule is CN(CCCO)C(=O)c1cc2cc(N)ccc2[nH]1. The Bertz CT molecular complexity index is 562. The van der Waals surface area contributed by atoms with Crippen LogP contribution in [0.1, 0.15) is 16.9 Å². The molecule has 0 aliphatic carbocycles. The summed E-state index contributed by atoms with van der Waals surface area (Å²) in [4.78, 5) is 16.7. The second kappa shape index (κ2) is 5.10. The van der Waals surface area contributed by atoms with Crippen molar-refractivity contribution in [1.82, 2.24) is 9.88 Å². The van der Waals surface area contributed by atoms with Gasteiger partial charge >= 0.3 is 0 Å². The van der Waals surface area contributed by atoms with E-state index in [4.69, 9.17) is 10.8 Å². The van der Waals surface area contributed by atoms with E-state index in [1.807, 2.05) is 12.1 Å². The minimum atomic E-state index is -0.0850. The Kier molecular flexibility index (Phi) is 3.53. The van der Waals surface area contributed by atoms with Crippen molar-refractivity contribution >= 4 is 22.5 Å². The highest BCUT2D eigenvalue weighted by Gasteiger charge is 2.13. The summed E-state index contributed by atoms with van der Waals surface area (Å²) in [5, 5.41) is 9.68. The quantitative estimate of drug-likeness (QED) is 0.710. The molecular formula is C13H17N3O2. The molecule has 0 unspecified atom stereocenters. The van der Waals surface area contributed by atoms with E-state index < -0.39 is 0 Å². The average Bonchev–Trinajstić information content (AvgIpc) is 2.77. The second-order valence-electron chi connectivity index (χ2n) is 4.33. The predicted molar refractivity (Wildman–Crippen MR) is 71.4 cm³/mol. The zero-order chi connectivity index (χ0) is 13.1. The number of aliphatic hydroxyl groups excluding tert-OH is 1. The fraction of sp³-hybridized carbons (Fsp3) is 0.308. The largest absolute Gasteiger partial charge is 0.399 e. The number of fused-ring (bicyclic) bond motifs is 1. The number of nitrogen functional groups attached to an aromatic ring is 1. The molecule has 1 heterocycles. The van der Waals surface area contributed by atoms with Crippen LogP contribution in [0.4, 0.5) is 5.69 Å². The first kappa shape index (κ1) is 12.4. The van der Waals surface area contributed by atoms with Crippen molar-refractivity contribution in [3.63, 3.8) is 0 Å². The number of nitrogens with two attached hydrogens (primary N) is 1. The van der Waals surface area contributed by atoms with Crippen LogP contribution in [0.25, 0.3) is 10.9 Å². The number of amides is 1. The van der Waals surface area contributed by atoms with Gasteiger partial charge in [-0.3, -0.25) is 4.79 Å². The van der Waals surface area contributed by atoms with Gasteiger partial charge in [0.1, 0.15) is 5.69 Å². The topological polar surface area (TPSA) is 82.3 Å². The Balaban J connectivity index is 2.22. The minimum Gasteiger partial charge on any atom is -0.399 e. The Morgan fingerprint density at radius 2 is 2.22 bits per heavy atom. The summed E-state index contributed by atoms with van der Waals surface area (Å²) in [7, 11) is 1.72. The Labute approximate surface area is 105 Å². The number of anilines is 1. The number of carbonyl (C=O) groups excluding carboxylic acids is 1. The molecule has 0 radical (unpaired) electrons. The molecule has 4 N–H and O–H groups in total. The fourth-order valence-electron chi connectivity index (χ4n) is 1.88. The first-order valence-electron chi connectivity index (χ1n) is 5.86. The van der Waals surface area contributed by atoms with Crippen LogP contribution < -0.4 is 5.73 Å². The molecule has 5 nitrogen and oxygen atoms in total. The minimum absolute atomic E-state index is 0.0842. The van der Waals surface area contributed by atoms with E-state index >= 15 is 0 Å². The van der Waals surface area contributed by atoms with Gasteiger partial charge in [-0.25, -0.2) is 0 Å². The number of rotatable bonds is 4. The van der Waals surface area contributed by atoms with Crippen LogP contribution in [0, 0.1) is 0 Å². The fourth-order valence-corrected chi connectivity index (χ4v) is 1.88. The number of H-pyrrole nitrogens is 1. The molecule has 0 saturated heterocycles. The maximum Gasteiger partial charge on any atom is 0.270 e. The molecule has 0 spiro atoms. The number of carbonyl (C=O) groups is 1. The van der Waals surface area contributed by atoms with Crippen LogP contribution in [0.15, 0.2) is 24.3 Å². The normalized spacial score (nSPS) is 10.8. The predicted octanol–water partition coefficient (Wildman–Crippen LogP) is 1.20. The van der Waals surface area contributed by atoms with Crippen molar-refractivity contribution in [2.24, 2.45) is 0 Å². The molecule has 2 rings (SSSR count). The van der Waals surface area contributed by atoms with Gasteiger partial charge in [0.2, 0.25) is 0 Å². The number of hydrogen-bond acceptors (Lipinski definition) is 3. The van der Waals surface area contributed by atoms with Gasteiger partial charge in [0, 0.05) is 36.8 Å². The summed E-state index contributed by atoms with van der Waals surface area (Å²) < 4.78 is 0. The third-order valence-electron chi connectivity index (χ3n) is 2.87. The lowest BCUT2D eigenvalue weighted by Crippen LogP contribution is -2.28. The smallest absolute Gasteiger partial charge is 0.270 e. The Hall–Kier alpha value is -2.01. The Morgan fingerprint density at radius 1 is 1.44 bits per heavy atom. The molecule has 0 aliphatic rings. The van der Waals surface area contributed by atoms with Gasteiger partial charge in [0.25, 0.3) is 5.91 Å². The first-order chi connectivity index (χ1) is 8.61. The number of aromatic amines is 1. The van der Waals surface area contributed by atoms with E-state index in [2.05, 4.69) is 4.98 Å². The molecule has 0 fully saturated rings. The third-order valence-corrected chi connectivity index (χ3v) is 2.87. The van der Waals surface area contributed by atoms with E-state index in [9.17, 15) is 4.79 Å². The van der Waals surface area contributed by atoms with Gasteiger partial charge in [-0.2, -0.15) is 0 Å². The molecule has 1 aromatic heterocycles. The summed E-state index contributed by atoms with van der Waals surface area (Å²) in [5.41, 5.74) is 7.80. The van der Waals surface area contributed by atoms with Gasteiger partial charge in [0.05, 0.1) is 0 Å². The highest BCUT2D eigenvalue weighted by molar-refractivity contribution is 5.98. The molecule has 0 aliphatic heterocycles. The van der Waals surface area contributed by atoms with Crippen LogP contribution in [-0.2, 0) is 0 Å². The number of nitrogens with zero attached hydrogens (tertiary/aromatic N) is 1. The highest BCUT2D eigenvalue weighted by Crippen LogP contribution is 2.19. The molecule has 1 amide bonds. The highest BCUT2D eigenvalue weighted by atomic mass is 16.3. The average molecular weight is 247 g/mol. The van der Waals surface area contributed by atoms with Crippen LogP contribution in [0.2, 0.25) is 0 Å². The number of aromatic nitrogens is 1. The van der Waals surface area contributed by atoms with Crippen LogP contribution >= 0.6 is 0 Å². The zero-order valence-corrected chi connectivity index (χ0v) is 10.3. The number of nitrogens with one attached hydrogen (secondary N) is 1. The molecule has 2 aromatic rings. The molecule has 96 valence electrons. The summed E-state index contributed by atoms with van der Waals surface area (Å²) in [6.45, 7) is 0.619. The lowest BCUT2D eigenvalue weighted by atomic mass is 10.2. The van der Waals surface area contributed by atoms with Gasteiger partial charge in [-0.1, -0.05) is 0 Å². The van der Waals surface area contributed by atoms with Crippen molar-refractivity contribution in [3.8, 4) is 0 Å². The standard InChI is InChI=1S/C13H17N3O2/c1-16(5-2-6-17)13(18)12-8-9-7-10(14)3-4-11(9)15-12/h3-4,7-8,15,17H,2,5-6,14H2,1H3. The van der Waals surface area contributed by atoms with Gasteiger partial charge < -0.3 is 20.7 Å². The summed E-state index contributed by atoms with van der Waals surface area (Å²) in [6, 6.07) is 7.28. The summed E-state index contributed by atoms with van der Waals surface area (Å²) in [5.74, 6) is -0.0850. The van der Waals surface area contributed by atoms with E-state index in [0.29, 0.717) is 24.3 Å². The third kappa shape index (κ3) is 2.46.